The molecule has 1 N–H and O–H groups in total. The smallest absolute Gasteiger partial charge is 0.175 e. The summed E-state index contributed by atoms with van der Waals surface area (Å²) in [6.45, 7) is 4.31. The first-order chi connectivity index (χ1) is 16.1. The molecule has 0 saturated carbocycles. The van der Waals surface area contributed by atoms with E-state index in [1.165, 1.54) is 12.1 Å². The SMILES string of the molecule is C=C(Nc1ccc(F)cc1)c1ccc2nnc(COc3ccnc4cc(OC)ccc34)n2c1. The average molecular weight is 441 g/mol. The van der Waals surface area contributed by atoms with Gasteiger partial charge in [0.25, 0.3) is 0 Å². The Morgan fingerprint density at radius 3 is 2.73 bits per heavy atom. The summed E-state index contributed by atoms with van der Waals surface area (Å²) in [5, 5.41) is 12.6. The maximum Gasteiger partial charge on any atom is 0.175 e. The lowest BCUT2D eigenvalue weighted by Gasteiger charge is -2.11. The monoisotopic (exact) mass is 441 g/mol. The van der Waals surface area contributed by atoms with Gasteiger partial charge in [0.1, 0.15) is 23.9 Å². The van der Waals surface area contributed by atoms with Crippen molar-refractivity contribution in [1.82, 2.24) is 19.6 Å². The fourth-order valence-electron chi connectivity index (χ4n) is 3.49. The summed E-state index contributed by atoms with van der Waals surface area (Å²) in [7, 11) is 1.62. The number of hydrogen-bond acceptors (Lipinski definition) is 6. The van der Waals surface area contributed by atoms with Gasteiger partial charge in [0.15, 0.2) is 11.5 Å². The number of anilines is 1. The van der Waals surface area contributed by atoms with Gasteiger partial charge in [-0.2, -0.15) is 0 Å². The number of halogens is 1. The van der Waals surface area contributed by atoms with E-state index in [1.807, 2.05) is 47.0 Å². The number of ether oxygens (including phenoxy) is 2. The van der Waals surface area contributed by atoms with E-state index in [9.17, 15) is 4.39 Å². The Bertz CT molecular complexity index is 1460. The Morgan fingerprint density at radius 1 is 1.06 bits per heavy atom. The van der Waals surface area contributed by atoms with Gasteiger partial charge in [-0.1, -0.05) is 6.58 Å². The van der Waals surface area contributed by atoms with Gasteiger partial charge >= 0.3 is 0 Å². The number of fused-ring (bicyclic) bond motifs is 2. The van der Waals surface area contributed by atoms with Crippen molar-refractivity contribution < 1.29 is 13.9 Å². The number of aromatic nitrogens is 4. The van der Waals surface area contributed by atoms with E-state index in [-0.39, 0.29) is 12.4 Å². The molecule has 0 aliphatic rings. The van der Waals surface area contributed by atoms with E-state index in [0.29, 0.717) is 22.9 Å². The Kier molecular flexibility index (Phi) is 5.32. The first-order valence-electron chi connectivity index (χ1n) is 10.2. The van der Waals surface area contributed by atoms with Gasteiger partial charge in [0, 0.05) is 40.8 Å². The van der Waals surface area contributed by atoms with Gasteiger partial charge in [0.05, 0.1) is 12.6 Å². The third-order valence-corrected chi connectivity index (χ3v) is 5.23. The zero-order valence-electron chi connectivity index (χ0n) is 17.8. The van der Waals surface area contributed by atoms with Crippen molar-refractivity contribution in [2.24, 2.45) is 0 Å². The van der Waals surface area contributed by atoms with Gasteiger partial charge in [-0.15, -0.1) is 10.2 Å². The minimum Gasteiger partial charge on any atom is -0.497 e. The maximum absolute atomic E-state index is 13.2. The summed E-state index contributed by atoms with van der Waals surface area (Å²) >= 11 is 0. The number of nitrogens with one attached hydrogen (secondary N) is 1. The van der Waals surface area contributed by atoms with Crippen LogP contribution in [0.25, 0.3) is 22.2 Å². The average Bonchev–Trinajstić information content (AvgIpc) is 3.26. The highest BCUT2D eigenvalue weighted by molar-refractivity contribution is 5.86. The van der Waals surface area contributed by atoms with Crippen molar-refractivity contribution in [3.63, 3.8) is 0 Å². The molecule has 0 spiro atoms. The molecule has 7 nitrogen and oxygen atoms in total. The van der Waals surface area contributed by atoms with E-state index < -0.39 is 0 Å². The molecule has 8 heteroatoms. The van der Waals surface area contributed by atoms with Crippen LogP contribution in [0.4, 0.5) is 10.1 Å². The molecule has 0 aliphatic carbocycles. The van der Waals surface area contributed by atoms with Crippen molar-refractivity contribution in [2.45, 2.75) is 6.61 Å². The molecule has 0 aliphatic heterocycles. The van der Waals surface area contributed by atoms with E-state index in [1.54, 1.807) is 25.4 Å². The molecule has 0 atom stereocenters. The number of rotatable bonds is 7. The zero-order chi connectivity index (χ0) is 22.8. The lowest BCUT2D eigenvalue weighted by atomic mass is 10.2. The third kappa shape index (κ3) is 4.18. The second kappa shape index (κ2) is 8.58. The van der Waals surface area contributed by atoms with Crippen LogP contribution >= 0.6 is 0 Å². The fraction of sp³-hybridized carbons (Fsp3) is 0.0800. The normalized spacial score (nSPS) is 11.0. The Hall–Kier alpha value is -4.46. The van der Waals surface area contributed by atoms with Crippen molar-refractivity contribution in [3.8, 4) is 11.5 Å². The molecule has 0 saturated heterocycles. The molecule has 33 heavy (non-hydrogen) atoms. The Labute approximate surface area is 189 Å². The van der Waals surface area contributed by atoms with Crippen LogP contribution in [0.15, 0.2) is 79.6 Å². The highest BCUT2D eigenvalue weighted by atomic mass is 19.1. The number of hydrogen-bond donors (Lipinski definition) is 1. The molecule has 2 aromatic carbocycles. The summed E-state index contributed by atoms with van der Waals surface area (Å²) in [4.78, 5) is 4.38. The first kappa shape index (κ1) is 20.4. The minimum atomic E-state index is -0.289. The summed E-state index contributed by atoms with van der Waals surface area (Å²) in [5.74, 6) is 1.78. The van der Waals surface area contributed by atoms with Crippen molar-refractivity contribution in [3.05, 3.63) is 96.8 Å². The highest BCUT2D eigenvalue weighted by Gasteiger charge is 2.11. The Balaban J connectivity index is 1.37. The molecule has 5 rings (SSSR count). The molecule has 0 amide bonds. The molecular weight excluding hydrogens is 421 g/mol. The minimum absolute atomic E-state index is 0.216. The number of benzene rings is 2. The zero-order valence-corrected chi connectivity index (χ0v) is 17.8. The Morgan fingerprint density at radius 2 is 1.91 bits per heavy atom. The first-order valence-corrected chi connectivity index (χ1v) is 10.2. The standard InChI is InChI=1S/C25H20FN5O2/c1-16(28-19-6-4-18(26)5-7-19)17-3-10-24-29-30-25(31(24)14-17)15-33-23-11-12-27-22-13-20(32-2)8-9-21(22)23/h3-14,28H,1,15H2,2H3. The number of pyridine rings is 2. The number of methoxy groups -OCH3 is 1. The van der Waals surface area contributed by atoms with Crippen molar-refractivity contribution >= 4 is 27.9 Å². The van der Waals surface area contributed by atoms with Gasteiger partial charge in [-0.25, -0.2) is 4.39 Å². The van der Waals surface area contributed by atoms with Crippen LogP contribution in [-0.4, -0.2) is 26.7 Å². The van der Waals surface area contributed by atoms with Gasteiger partial charge in [-0.05, 0) is 54.6 Å². The summed E-state index contributed by atoms with van der Waals surface area (Å²) in [5.41, 5.74) is 3.72. The molecule has 0 fully saturated rings. The lowest BCUT2D eigenvalue weighted by Crippen LogP contribution is -2.04. The lowest BCUT2D eigenvalue weighted by molar-refractivity contribution is 0.298. The number of nitrogens with zero attached hydrogens (tertiary/aromatic N) is 4. The van der Waals surface area contributed by atoms with E-state index in [2.05, 4.69) is 27.1 Å². The molecule has 3 heterocycles. The summed E-state index contributed by atoms with van der Waals surface area (Å²) < 4.78 is 26.4. The summed E-state index contributed by atoms with van der Waals surface area (Å²) in [6, 6.07) is 17.3. The van der Waals surface area contributed by atoms with E-state index in [4.69, 9.17) is 9.47 Å². The van der Waals surface area contributed by atoms with Crippen LogP contribution in [0.2, 0.25) is 0 Å². The van der Waals surface area contributed by atoms with Gasteiger partial charge in [0.2, 0.25) is 0 Å². The van der Waals surface area contributed by atoms with Crippen LogP contribution in [0.1, 0.15) is 11.4 Å². The van der Waals surface area contributed by atoms with Crippen LogP contribution in [-0.2, 0) is 6.61 Å². The molecular formula is C25H20FN5O2. The molecule has 0 unspecified atom stereocenters. The summed E-state index contributed by atoms with van der Waals surface area (Å²) in [6.07, 6.45) is 3.59. The molecule has 5 aromatic rings. The second-order valence-corrected chi connectivity index (χ2v) is 7.35. The van der Waals surface area contributed by atoms with Gasteiger partial charge < -0.3 is 14.8 Å². The predicted octanol–water partition coefficient (Wildman–Crippen LogP) is 5.09. The van der Waals surface area contributed by atoms with E-state index >= 15 is 0 Å². The van der Waals surface area contributed by atoms with Crippen LogP contribution in [0.3, 0.4) is 0 Å². The van der Waals surface area contributed by atoms with Crippen LogP contribution in [0.5, 0.6) is 11.5 Å². The maximum atomic E-state index is 13.2. The fourth-order valence-corrected chi connectivity index (χ4v) is 3.49. The van der Waals surface area contributed by atoms with Crippen molar-refractivity contribution in [2.75, 3.05) is 12.4 Å². The van der Waals surface area contributed by atoms with E-state index in [0.717, 1.165) is 27.9 Å². The molecule has 0 bridgehead atoms. The molecule has 164 valence electrons. The second-order valence-electron chi connectivity index (χ2n) is 7.35. The van der Waals surface area contributed by atoms with Crippen molar-refractivity contribution in [1.29, 1.82) is 0 Å². The van der Waals surface area contributed by atoms with Crippen LogP contribution in [0, 0.1) is 5.82 Å². The molecule has 3 aromatic heterocycles. The largest absolute Gasteiger partial charge is 0.497 e. The quantitative estimate of drug-likeness (QED) is 0.379. The topological polar surface area (TPSA) is 73.6 Å². The predicted molar refractivity (Wildman–Crippen MR) is 125 cm³/mol. The third-order valence-electron chi connectivity index (χ3n) is 5.23. The van der Waals surface area contributed by atoms with Gasteiger partial charge in [-0.3, -0.25) is 9.38 Å². The molecule has 0 radical (unpaired) electrons. The highest BCUT2D eigenvalue weighted by Crippen LogP contribution is 2.28. The van der Waals surface area contributed by atoms with Crippen LogP contribution < -0.4 is 14.8 Å².